The molecular weight excluding hydrogens is 244 g/mol. The topological polar surface area (TPSA) is 82.1 Å². The van der Waals surface area contributed by atoms with Crippen molar-refractivity contribution in [3.63, 3.8) is 0 Å². The molecule has 19 heavy (non-hydrogen) atoms. The number of hydrogen-bond donors (Lipinski definition) is 2. The van der Waals surface area contributed by atoms with Gasteiger partial charge in [-0.2, -0.15) is 5.10 Å². The summed E-state index contributed by atoms with van der Waals surface area (Å²) in [5, 5.41) is 17.3. The average molecular weight is 266 g/mol. The van der Waals surface area contributed by atoms with Gasteiger partial charge >= 0.3 is 0 Å². The van der Waals surface area contributed by atoms with Gasteiger partial charge in [0.1, 0.15) is 5.82 Å². The maximum atomic E-state index is 12.2. The Kier molecular flexibility index (Phi) is 3.62. The third-order valence-corrected chi connectivity index (χ3v) is 4.10. The minimum atomic E-state index is -0.787. The number of aryl methyl sites for hydroxylation is 1. The Morgan fingerprint density at radius 2 is 2.32 bits per heavy atom. The fourth-order valence-corrected chi connectivity index (χ4v) is 2.67. The molecule has 1 amide bonds. The van der Waals surface area contributed by atoms with Crippen LogP contribution in [0.5, 0.6) is 0 Å². The number of carbonyl (C=O) groups is 1. The quantitative estimate of drug-likeness (QED) is 0.835. The summed E-state index contributed by atoms with van der Waals surface area (Å²) in [7, 11) is 0. The number of nitrogens with one attached hydrogen (secondary N) is 1. The number of aromatic amines is 1. The van der Waals surface area contributed by atoms with Gasteiger partial charge in [0.15, 0.2) is 5.82 Å². The standard InChI is InChI=1S/C13H22N4O2/c1-8(2)13(19)7-17(6-9(13)3)12(18)5-11-14-10(4)15-16-11/h8-9,19H,5-7H2,1-4H3,(H,14,15,16)/t9-,13-/m1/s1. The lowest BCUT2D eigenvalue weighted by Crippen LogP contribution is -2.43. The average Bonchev–Trinajstić information content (AvgIpc) is 2.85. The molecule has 0 aromatic carbocycles. The van der Waals surface area contributed by atoms with E-state index in [0.29, 0.717) is 24.7 Å². The second-order valence-corrected chi connectivity index (χ2v) is 5.84. The van der Waals surface area contributed by atoms with Crippen LogP contribution in [0.25, 0.3) is 0 Å². The number of nitrogens with zero attached hydrogens (tertiary/aromatic N) is 3. The summed E-state index contributed by atoms with van der Waals surface area (Å²) in [6.45, 7) is 8.76. The number of aliphatic hydroxyl groups is 1. The first-order chi connectivity index (χ1) is 8.83. The van der Waals surface area contributed by atoms with E-state index < -0.39 is 5.60 Å². The van der Waals surface area contributed by atoms with Gasteiger partial charge in [0, 0.05) is 19.0 Å². The second-order valence-electron chi connectivity index (χ2n) is 5.84. The van der Waals surface area contributed by atoms with Gasteiger partial charge in [-0.15, -0.1) is 0 Å². The first kappa shape index (κ1) is 14.0. The first-order valence-electron chi connectivity index (χ1n) is 6.71. The molecule has 0 bridgehead atoms. The monoisotopic (exact) mass is 266 g/mol. The predicted molar refractivity (Wildman–Crippen MR) is 70.4 cm³/mol. The maximum Gasteiger partial charge on any atom is 0.230 e. The molecule has 1 aliphatic rings. The summed E-state index contributed by atoms with van der Waals surface area (Å²) in [5.41, 5.74) is -0.787. The summed E-state index contributed by atoms with van der Waals surface area (Å²) in [5.74, 6) is 1.41. The molecule has 1 fully saturated rings. The molecule has 0 unspecified atom stereocenters. The van der Waals surface area contributed by atoms with Gasteiger partial charge in [0.05, 0.1) is 12.0 Å². The Morgan fingerprint density at radius 1 is 1.63 bits per heavy atom. The molecule has 6 nitrogen and oxygen atoms in total. The Balaban J connectivity index is 2.02. The molecule has 6 heteroatoms. The van der Waals surface area contributed by atoms with Crippen LogP contribution in [0.15, 0.2) is 0 Å². The van der Waals surface area contributed by atoms with Crippen molar-refractivity contribution in [1.29, 1.82) is 0 Å². The molecule has 0 spiro atoms. The van der Waals surface area contributed by atoms with Crippen molar-refractivity contribution >= 4 is 5.91 Å². The van der Waals surface area contributed by atoms with Gasteiger partial charge in [-0.1, -0.05) is 20.8 Å². The number of hydrogen-bond acceptors (Lipinski definition) is 4. The van der Waals surface area contributed by atoms with Gasteiger partial charge < -0.3 is 10.0 Å². The van der Waals surface area contributed by atoms with Crippen molar-refractivity contribution < 1.29 is 9.90 Å². The molecule has 2 heterocycles. The van der Waals surface area contributed by atoms with Crippen LogP contribution < -0.4 is 0 Å². The highest BCUT2D eigenvalue weighted by Gasteiger charge is 2.46. The van der Waals surface area contributed by atoms with E-state index in [1.54, 1.807) is 11.8 Å². The van der Waals surface area contributed by atoms with E-state index in [-0.39, 0.29) is 24.2 Å². The number of likely N-dealkylation sites (tertiary alicyclic amines) is 1. The van der Waals surface area contributed by atoms with Crippen LogP contribution in [0.3, 0.4) is 0 Å². The van der Waals surface area contributed by atoms with E-state index in [0.717, 1.165) is 0 Å². The highest BCUT2D eigenvalue weighted by atomic mass is 16.3. The van der Waals surface area contributed by atoms with Gasteiger partial charge in [-0.05, 0) is 12.8 Å². The van der Waals surface area contributed by atoms with Gasteiger partial charge in [-0.3, -0.25) is 9.89 Å². The Labute approximate surface area is 113 Å². The molecule has 2 rings (SSSR count). The van der Waals surface area contributed by atoms with Crippen LogP contribution in [0.2, 0.25) is 0 Å². The molecule has 0 radical (unpaired) electrons. The van der Waals surface area contributed by atoms with Crippen molar-refractivity contribution in [2.75, 3.05) is 13.1 Å². The molecule has 2 N–H and O–H groups in total. The molecule has 106 valence electrons. The maximum absolute atomic E-state index is 12.2. The predicted octanol–water partition coefficient (Wildman–Crippen LogP) is 0.521. The minimum absolute atomic E-state index is 0.0255. The number of aromatic nitrogens is 3. The van der Waals surface area contributed by atoms with Gasteiger partial charge in [0.25, 0.3) is 0 Å². The van der Waals surface area contributed by atoms with Crippen LogP contribution >= 0.6 is 0 Å². The number of H-pyrrole nitrogens is 1. The molecule has 0 aliphatic carbocycles. The fraction of sp³-hybridized carbons (Fsp3) is 0.769. The molecule has 2 atom stereocenters. The van der Waals surface area contributed by atoms with Crippen LogP contribution in [0.4, 0.5) is 0 Å². The molecule has 1 aromatic rings. The lowest BCUT2D eigenvalue weighted by atomic mass is 9.82. The van der Waals surface area contributed by atoms with E-state index in [1.807, 2.05) is 20.8 Å². The van der Waals surface area contributed by atoms with Crippen LogP contribution in [-0.2, 0) is 11.2 Å². The summed E-state index contributed by atoms with van der Waals surface area (Å²) in [6, 6.07) is 0. The molecule has 1 saturated heterocycles. The molecule has 1 aromatic heterocycles. The summed E-state index contributed by atoms with van der Waals surface area (Å²) in [4.78, 5) is 18.1. The zero-order valence-corrected chi connectivity index (χ0v) is 12.0. The summed E-state index contributed by atoms with van der Waals surface area (Å²) < 4.78 is 0. The van der Waals surface area contributed by atoms with Crippen LogP contribution in [-0.4, -0.2) is 49.8 Å². The lowest BCUT2D eigenvalue weighted by Gasteiger charge is -2.30. The smallest absolute Gasteiger partial charge is 0.230 e. The fourth-order valence-electron chi connectivity index (χ4n) is 2.67. The summed E-state index contributed by atoms with van der Waals surface area (Å²) >= 11 is 0. The number of rotatable bonds is 3. The highest BCUT2D eigenvalue weighted by Crippen LogP contribution is 2.33. The van der Waals surface area contributed by atoms with Crippen molar-refractivity contribution in [2.24, 2.45) is 11.8 Å². The van der Waals surface area contributed by atoms with Crippen LogP contribution in [0, 0.1) is 18.8 Å². The van der Waals surface area contributed by atoms with Gasteiger partial charge in [0.2, 0.25) is 5.91 Å². The SMILES string of the molecule is Cc1nc(CC(=O)N2C[C@@H](C)[C@](O)(C(C)C)C2)n[nH]1. The zero-order chi connectivity index (χ0) is 14.2. The van der Waals surface area contributed by atoms with E-state index in [9.17, 15) is 9.90 Å². The number of β-amino-alcohol motifs (C(OH)–C–C–N with tert-alkyl or cyclic N) is 1. The highest BCUT2D eigenvalue weighted by molar-refractivity contribution is 5.78. The van der Waals surface area contributed by atoms with Crippen molar-refractivity contribution in [3.8, 4) is 0 Å². The number of amides is 1. The van der Waals surface area contributed by atoms with Gasteiger partial charge in [-0.25, -0.2) is 4.98 Å². The van der Waals surface area contributed by atoms with E-state index in [2.05, 4.69) is 15.2 Å². The number of carbonyl (C=O) groups excluding carboxylic acids is 1. The Bertz CT molecular complexity index is 471. The van der Waals surface area contributed by atoms with E-state index in [4.69, 9.17) is 0 Å². The Morgan fingerprint density at radius 3 is 2.79 bits per heavy atom. The largest absolute Gasteiger partial charge is 0.387 e. The summed E-state index contributed by atoms with van der Waals surface area (Å²) in [6.07, 6.45) is 0.186. The normalized spacial score (nSPS) is 27.3. The third kappa shape index (κ3) is 2.63. The zero-order valence-electron chi connectivity index (χ0n) is 12.0. The minimum Gasteiger partial charge on any atom is -0.387 e. The molecule has 0 saturated carbocycles. The Hall–Kier alpha value is -1.43. The van der Waals surface area contributed by atoms with Crippen molar-refractivity contribution in [3.05, 3.63) is 11.6 Å². The molecule has 1 aliphatic heterocycles. The lowest BCUT2D eigenvalue weighted by molar-refractivity contribution is -0.130. The van der Waals surface area contributed by atoms with Crippen LogP contribution in [0.1, 0.15) is 32.4 Å². The third-order valence-electron chi connectivity index (χ3n) is 4.10. The second kappa shape index (κ2) is 4.92. The first-order valence-corrected chi connectivity index (χ1v) is 6.71. The van der Waals surface area contributed by atoms with Crippen molar-refractivity contribution in [2.45, 2.75) is 39.7 Å². The van der Waals surface area contributed by atoms with E-state index >= 15 is 0 Å². The van der Waals surface area contributed by atoms with Crippen molar-refractivity contribution in [1.82, 2.24) is 20.1 Å². The van der Waals surface area contributed by atoms with E-state index in [1.165, 1.54) is 0 Å². The molecular formula is C13H22N4O2.